The van der Waals surface area contributed by atoms with E-state index in [1.165, 1.54) is 0 Å². The molecular weight excluding hydrogens is 290 g/mol. The monoisotopic (exact) mass is 305 g/mol. The number of ether oxygens (including phenoxy) is 2. The summed E-state index contributed by atoms with van der Waals surface area (Å²) in [6, 6.07) is 8.98. The number of hydrogen-bond acceptors (Lipinski definition) is 4. The number of benzene rings is 1. The Balaban J connectivity index is 1.72. The van der Waals surface area contributed by atoms with Gasteiger partial charge in [0.1, 0.15) is 6.61 Å². The minimum Gasteiger partial charge on any atom is -0.458 e. The van der Waals surface area contributed by atoms with E-state index in [1.807, 2.05) is 24.3 Å². The number of esters is 1. The van der Waals surface area contributed by atoms with E-state index in [2.05, 4.69) is 4.98 Å². The topological polar surface area (TPSA) is 48.4 Å². The fourth-order valence-corrected chi connectivity index (χ4v) is 2.68. The second kappa shape index (κ2) is 6.41. The first-order valence-electron chi connectivity index (χ1n) is 7.08. The number of pyridine rings is 1. The molecule has 0 bridgehead atoms. The van der Waals surface area contributed by atoms with Gasteiger partial charge in [-0.1, -0.05) is 29.8 Å². The fourth-order valence-electron chi connectivity index (χ4n) is 2.42. The van der Waals surface area contributed by atoms with E-state index >= 15 is 0 Å². The molecule has 1 atom stereocenters. The van der Waals surface area contributed by atoms with Gasteiger partial charge in [-0.25, -0.2) is 9.78 Å². The van der Waals surface area contributed by atoms with Crippen LogP contribution >= 0.6 is 11.6 Å². The number of para-hydroxylation sites is 1. The predicted octanol–water partition coefficient (Wildman–Crippen LogP) is 3.61. The van der Waals surface area contributed by atoms with Crippen LogP contribution in [-0.2, 0) is 9.47 Å². The molecule has 0 spiro atoms. The number of aromatic nitrogens is 1. The average molecular weight is 306 g/mol. The third-order valence-corrected chi connectivity index (χ3v) is 3.86. The number of halogens is 1. The maximum absolute atomic E-state index is 12.1. The molecule has 1 saturated heterocycles. The van der Waals surface area contributed by atoms with Crippen molar-refractivity contribution in [1.29, 1.82) is 0 Å². The highest BCUT2D eigenvalue weighted by Crippen LogP contribution is 2.23. The number of carbonyl (C=O) groups is 1. The van der Waals surface area contributed by atoms with Crippen LogP contribution in [0.5, 0.6) is 0 Å². The quantitative estimate of drug-likeness (QED) is 0.813. The molecule has 21 heavy (non-hydrogen) atoms. The van der Waals surface area contributed by atoms with Crippen LogP contribution in [0.3, 0.4) is 0 Å². The molecular formula is C16H16ClNO3. The number of hydrogen-bond donors (Lipinski definition) is 0. The van der Waals surface area contributed by atoms with Gasteiger partial charge in [-0.15, -0.1) is 0 Å². The van der Waals surface area contributed by atoms with E-state index < -0.39 is 5.97 Å². The molecule has 0 amide bonds. The summed E-state index contributed by atoms with van der Waals surface area (Å²) < 4.78 is 10.8. The van der Waals surface area contributed by atoms with Gasteiger partial charge >= 0.3 is 5.97 Å². The van der Waals surface area contributed by atoms with Crippen molar-refractivity contribution in [1.82, 2.24) is 4.98 Å². The molecule has 0 radical (unpaired) electrons. The molecule has 1 aromatic carbocycles. The van der Waals surface area contributed by atoms with Crippen LogP contribution in [0.2, 0.25) is 5.02 Å². The first-order valence-corrected chi connectivity index (χ1v) is 7.46. The van der Waals surface area contributed by atoms with Crippen LogP contribution < -0.4 is 0 Å². The Morgan fingerprint density at radius 1 is 1.38 bits per heavy atom. The Kier molecular flexibility index (Phi) is 4.36. The lowest BCUT2D eigenvalue weighted by atomic mass is 10.1. The lowest BCUT2D eigenvalue weighted by molar-refractivity contribution is -0.0302. The summed E-state index contributed by atoms with van der Waals surface area (Å²) in [6.07, 6.45) is 3.12. The molecule has 1 aliphatic heterocycles. The van der Waals surface area contributed by atoms with Gasteiger partial charge < -0.3 is 9.47 Å². The van der Waals surface area contributed by atoms with Crippen molar-refractivity contribution in [2.24, 2.45) is 0 Å². The zero-order valence-corrected chi connectivity index (χ0v) is 12.3. The van der Waals surface area contributed by atoms with Crippen molar-refractivity contribution < 1.29 is 14.3 Å². The molecule has 2 heterocycles. The van der Waals surface area contributed by atoms with Crippen LogP contribution in [-0.4, -0.2) is 30.3 Å². The molecule has 3 rings (SSSR count). The van der Waals surface area contributed by atoms with Crippen LogP contribution in [0.4, 0.5) is 0 Å². The molecule has 110 valence electrons. The molecule has 1 fully saturated rings. The van der Waals surface area contributed by atoms with Gasteiger partial charge in [0.05, 0.1) is 16.6 Å². The summed E-state index contributed by atoms with van der Waals surface area (Å²) in [5, 5.41) is 1.33. The summed E-state index contributed by atoms with van der Waals surface area (Å²) >= 11 is 6.18. The largest absolute Gasteiger partial charge is 0.458 e. The van der Waals surface area contributed by atoms with E-state index in [0.29, 0.717) is 10.5 Å². The Hall–Kier alpha value is -1.65. The molecule has 5 heteroatoms. The zero-order valence-electron chi connectivity index (χ0n) is 11.5. The van der Waals surface area contributed by atoms with Gasteiger partial charge in [-0.05, 0) is 31.4 Å². The smallest absolute Gasteiger partial charge is 0.357 e. The van der Waals surface area contributed by atoms with Crippen LogP contribution in [0, 0.1) is 0 Å². The number of nitrogens with zero attached hydrogens (tertiary/aromatic N) is 1. The third kappa shape index (κ3) is 3.34. The lowest BCUT2D eigenvalue weighted by Gasteiger charge is -2.21. The number of fused-ring (bicyclic) bond motifs is 1. The Morgan fingerprint density at radius 2 is 2.24 bits per heavy atom. The highest BCUT2D eigenvalue weighted by molar-refractivity contribution is 6.35. The molecule has 1 aromatic heterocycles. The van der Waals surface area contributed by atoms with Crippen molar-refractivity contribution in [3.8, 4) is 0 Å². The molecule has 0 aliphatic carbocycles. The average Bonchev–Trinajstić information content (AvgIpc) is 2.53. The molecule has 0 N–H and O–H groups in total. The highest BCUT2D eigenvalue weighted by Gasteiger charge is 2.18. The molecule has 4 nitrogen and oxygen atoms in total. The highest BCUT2D eigenvalue weighted by atomic mass is 35.5. The van der Waals surface area contributed by atoms with E-state index in [1.54, 1.807) is 6.07 Å². The summed E-state index contributed by atoms with van der Waals surface area (Å²) in [4.78, 5) is 16.4. The molecule has 2 aromatic rings. The van der Waals surface area contributed by atoms with Crippen molar-refractivity contribution in [3.63, 3.8) is 0 Å². The second-order valence-corrected chi connectivity index (χ2v) is 5.50. The van der Waals surface area contributed by atoms with Crippen molar-refractivity contribution in [2.45, 2.75) is 25.4 Å². The van der Waals surface area contributed by atoms with E-state index in [9.17, 15) is 4.79 Å². The first-order chi connectivity index (χ1) is 10.2. The van der Waals surface area contributed by atoms with E-state index in [0.717, 1.165) is 31.3 Å². The van der Waals surface area contributed by atoms with E-state index in [-0.39, 0.29) is 18.4 Å². The minimum atomic E-state index is -0.461. The number of carbonyl (C=O) groups excluding carboxylic acids is 1. The summed E-state index contributed by atoms with van der Waals surface area (Å²) in [5.74, 6) is -0.461. The number of rotatable bonds is 3. The van der Waals surface area contributed by atoms with Gasteiger partial charge in [-0.2, -0.15) is 0 Å². The normalized spacial score (nSPS) is 18.6. The standard InChI is InChI=1S/C16H16ClNO3/c17-13-9-15(18-14-7-2-1-6-12(13)14)16(19)21-10-11-5-3-4-8-20-11/h1-2,6-7,9,11H,3-5,8,10H2. The molecule has 1 unspecified atom stereocenters. The lowest BCUT2D eigenvalue weighted by Crippen LogP contribution is -2.26. The zero-order chi connectivity index (χ0) is 14.7. The van der Waals surface area contributed by atoms with E-state index in [4.69, 9.17) is 21.1 Å². The predicted molar refractivity (Wildman–Crippen MR) is 80.6 cm³/mol. The maximum atomic E-state index is 12.1. The summed E-state index contributed by atoms with van der Waals surface area (Å²) in [6.45, 7) is 1.01. The maximum Gasteiger partial charge on any atom is 0.357 e. The summed E-state index contributed by atoms with van der Waals surface area (Å²) in [5.41, 5.74) is 0.917. The van der Waals surface area contributed by atoms with Crippen molar-refractivity contribution in [3.05, 3.63) is 41.0 Å². The Bertz CT molecular complexity index is 653. The minimum absolute atomic E-state index is 0.00127. The summed E-state index contributed by atoms with van der Waals surface area (Å²) in [7, 11) is 0. The Labute approximate surface area is 128 Å². The van der Waals surface area contributed by atoms with Gasteiger partial charge in [0.15, 0.2) is 5.69 Å². The van der Waals surface area contributed by atoms with Gasteiger partial charge in [0.2, 0.25) is 0 Å². The van der Waals surface area contributed by atoms with Crippen LogP contribution in [0.15, 0.2) is 30.3 Å². The molecule has 1 aliphatic rings. The van der Waals surface area contributed by atoms with Crippen LogP contribution in [0.1, 0.15) is 29.8 Å². The van der Waals surface area contributed by atoms with Crippen LogP contribution in [0.25, 0.3) is 10.9 Å². The third-order valence-electron chi connectivity index (χ3n) is 3.55. The van der Waals surface area contributed by atoms with Gasteiger partial charge in [0, 0.05) is 12.0 Å². The molecule has 0 saturated carbocycles. The van der Waals surface area contributed by atoms with Gasteiger partial charge in [-0.3, -0.25) is 0 Å². The van der Waals surface area contributed by atoms with Crippen molar-refractivity contribution in [2.75, 3.05) is 13.2 Å². The van der Waals surface area contributed by atoms with Gasteiger partial charge in [0.25, 0.3) is 0 Å². The SMILES string of the molecule is O=C(OCC1CCCCO1)c1cc(Cl)c2ccccc2n1. The fraction of sp³-hybridized carbons (Fsp3) is 0.375. The first kappa shape index (κ1) is 14.3. The Morgan fingerprint density at radius 3 is 3.05 bits per heavy atom. The second-order valence-electron chi connectivity index (χ2n) is 5.09. The van der Waals surface area contributed by atoms with Crippen molar-refractivity contribution >= 4 is 28.5 Å².